The van der Waals surface area contributed by atoms with Gasteiger partial charge in [0.2, 0.25) is 0 Å². The Morgan fingerprint density at radius 3 is 2.76 bits per heavy atom. The summed E-state index contributed by atoms with van der Waals surface area (Å²) in [6.45, 7) is 11.8. The van der Waals surface area contributed by atoms with Gasteiger partial charge in [0, 0.05) is 37.8 Å². The SMILES string of the molecule is CC(C)C[C@@H](N)CN1CC2CCCN2CC1C. The summed E-state index contributed by atoms with van der Waals surface area (Å²) >= 11 is 0. The van der Waals surface area contributed by atoms with E-state index in [1.807, 2.05) is 0 Å². The number of hydrogen-bond donors (Lipinski definition) is 1. The average Bonchev–Trinajstić information content (AvgIpc) is 2.63. The molecular weight excluding hydrogens is 210 g/mol. The molecule has 0 aromatic heterocycles. The van der Waals surface area contributed by atoms with E-state index in [1.165, 1.54) is 32.5 Å². The van der Waals surface area contributed by atoms with Crippen molar-refractivity contribution in [2.24, 2.45) is 11.7 Å². The molecule has 0 amide bonds. The van der Waals surface area contributed by atoms with E-state index in [-0.39, 0.29) is 0 Å². The largest absolute Gasteiger partial charge is 0.327 e. The Labute approximate surface area is 106 Å². The van der Waals surface area contributed by atoms with Crippen LogP contribution in [0.25, 0.3) is 0 Å². The molecule has 0 aromatic carbocycles. The first-order valence-corrected chi connectivity index (χ1v) is 7.30. The van der Waals surface area contributed by atoms with Crippen LogP contribution in [0.3, 0.4) is 0 Å². The lowest BCUT2D eigenvalue weighted by atomic mass is 10.0. The lowest BCUT2D eigenvalue weighted by molar-refractivity contribution is 0.0539. The number of rotatable bonds is 4. The quantitative estimate of drug-likeness (QED) is 0.807. The summed E-state index contributed by atoms with van der Waals surface area (Å²) < 4.78 is 0. The molecule has 0 saturated carbocycles. The standard InChI is InChI=1S/C14H29N3/c1-11(2)7-13(15)9-17-10-14-5-4-6-16(14)8-12(17)3/h11-14H,4-10,15H2,1-3H3/t12?,13-,14?/m1/s1. The third kappa shape index (κ3) is 3.43. The zero-order valence-corrected chi connectivity index (χ0v) is 11.7. The molecule has 2 N–H and O–H groups in total. The molecule has 3 nitrogen and oxygen atoms in total. The van der Waals surface area contributed by atoms with Gasteiger partial charge in [-0.3, -0.25) is 9.80 Å². The zero-order valence-electron chi connectivity index (χ0n) is 11.7. The van der Waals surface area contributed by atoms with Gasteiger partial charge in [-0.1, -0.05) is 13.8 Å². The number of nitrogens with zero attached hydrogens (tertiary/aromatic N) is 2. The molecule has 2 fully saturated rings. The highest BCUT2D eigenvalue weighted by atomic mass is 15.3. The molecular formula is C14H29N3. The molecule has 3 heteroatoms. The third-order valence-corrected chi connectivity index (χ3v) is 4.31. The van der Waals surface area contributed by atoms with Crippen molar-refractivity contribution in [3.8, 4) is 0 Å². The second-order valence-corrected chi connectivity index (χ2v) is 6.48. The highest BCUT2D eigenvalue weighted by molar-refractivity contribution is 4.91. The third-order valence-electron chi connectivity index (χ3n) is 4.31. The van der Waals surface area contributed by atoms with Crippen LogP contribution in [0.2, 0.25) is 0 Å². The molecule has 0 aliphatic carbocycles. The van der Waals surface area contributed by atoms with Gasteiger partial charge in [-0.25, -0.2) is 0 Å². The van der Waals surface area contributed by atoms with Crippen LogP contribution in [0, 0.1) is 5.92 Å². The van der Waals surface area contributed by atoms with Gasteiger partial charge >= 0.3 is 0 Å². The molecule has 2 unspecified atom stereocenters. The van der Waals surface area contributed by atoms with Gasteiger partial charge < -0.3 is 5.73 Å². The maximum Gasteiger partial charge on any atom is 0.0224 e. The van der Waals surface area contributed by atoms with E-state index in [2.05, 4.69) is 30.6 Å². The van der Waals surface area contributed by atoms with Gasteiger partial charge in [0.25, 0.3) is 0 Å². The molecule has 2 aliphatic rings. The van der Waals surface area contributed by atoms with Crippen LogP contribution in [0.5, 0.6) is 0 Å². The second kappa shape index (κ2) is 5.68. The fourth-order valence-electron chi connectivity index (χ4n) is 3.48. The predicted octanol–water partition coefficient (Wildman–Crippen LogP) is 1.53. The Balaban J connectivity index is 1.83. The highest BCUT2D eigenvalue weighted by Crippen LogP contribution is 2.24. The fraction of sp³-hybridized carbons (Fsp3) is 1.00. The van der Waals surface area contributed by atoms with Gasteiger partial charge in [-0.2, -0.15) is 0 Å². The van der Waals surface area contributed by atoms with E-state index in [0.29, 0.717) is 18.0 Å². The van der Waals surface area contributed by atoms with E-state index in [1.54, 1.807) is 0 Å². The van der Waals surface area contributed by atoms with Crippen molar-refractivity contribution in [1.82, 2.24) is 9.80 Å². The number of hydrogen-bond acceptors (Lipinski definition) is 3. The summed E-state index contributed by atoms with van der Waals surface area (Å²) in [7, 11) is 0. The van der Waals surface area contributed by atoms with Crippen molar-refractivity contribution in [1.29, 1.82) is 0 Å². The van der Waals surface area contributed by atoms with Crippen molar-refractivity contribution in [2.75, 3.05) is 26.2 Å². The van der Waals surface area contributed by atoms with Crippen molar-refractivity contribution in [3.05, 3.63) is 0 Å². The minimum Gasteiger partial charge on any atom is -0.327 e. The summed E-state index contributed by atoms with van der Waals surface area (Å²) in [4.78, 5) is 5.30. The van der Waals surface area contributed by atoms with Crippen LogP contribution < -0.4 is 5.73 Å². The summed E-state index contributed by atoms with van der Waals surface area (Å²) in [5, 5.41) is 0. The number of nitrogens with two attached hydrogens (primary N) is 1. The second-order valence-electron chi connectivity index (χ2n) is 6.48. The maximum atomic E-state index is 6.25. The van der Waals surface area contributed by atoms with Gasteiger partial charge in [0.15, 0.2) is 0 Å². The van der Waals surface area contributed by atoms with Crippen LogP contribution in [0.1, 0.15) is 40.0 Å². The fourth-order valence-corrected chi connectivity index (χ4v) is 3.48. The van der Waals surface area contributed by atoms with Crippen molar-refractivity contribution in [2.45, 2.75) is 58.2 Å². The van der Waals surface area contributed by atoms with Gasteiger partial charge in [-0.05, 0) is 38.6 Å². The Kier molecular flexibility index (Phi) is 4.45. The van der Waals surface area contributed by atoms with E-state index in [0.717, 1.165) is 19.0 Å². The first kappa shape index (κ1) is 13.3. The van der Waals surface area contributed by atoms with E-state index in [9.17, 15) is 0 Å². The Bertz CT molecular complexity index is 242. The molecule has 17 heavy (non-hydrogen) atoms. The van der Waals surface area contributed by atoms with Crippen LogP contribution in [0.4, 0.5) is 0 Å². The number of fused-ring (bicyclic) bond motifs is 1. The Morgan fingerprint density at radius 1 is 1.29 bits per heavy atom. The van der Waals surface area contributed by atoms with Crippen molar-refractivity contribution < 1.29 is 0 Å². The molecule has 2 saturated heterocycles. The molecule has 3 atom stereocenters. The lowest BCUT2D eigenvalue weighted by Gasteiger charge is -2.43. The van der Waals surface area contributed by atoms with Crippen LogP contribution in [-0.2, 0) is 0 Å². The topological polar surface area (TPSA) is 32.5 Å². The minimum atomic E-state index is 0.352. The van der Waals surface area contributed by atoms with E-state index < -0.39 is 0 Å². The first-order valence-electron chi connectivity index (χ1n) is 7.30. The summed E-state index contributed by atoms with van der Waals surface area (Å²) in [6, 6.07) is 1.85. The van der Waals surface area contributed by atoms with E-state index in [4.69, 9.17) is 5.73 Å². The average molecular weight is 239 g/mol. The van der Waals surface area contributed by atoms with Crippen molar-refractivity contribution in [3.63, 3.8) is 0 Å². The molecule has 100 valence electrons. The molecule has 0 bridgehead atoms. The predicted molar refractivity (Wildman–Crippen MR) is 73.1 cm³/mol. The molecule has 2 rings (SSSR count). The maximum absolute atomic E-state index is 6.25. The zero-order chi connectivity index (χ0) is 12.4. The molecule has 0 spiro atoms. The Hall–Kier alpha value is -0.120. The van der Waals surface area contributed by atoms with Gasteiger partial charge in [-0.15, -0.1) is 0 Å². The van der Waals surface area contributed by atoms with Crippen LogP contribution in [0.15, 0.2) is 0 Å². The van der Waals surface area contributed by atoms with Crippen LogP contribution >= 0.6 is 0 Å². The van der Waals surface area contributed by atoms with Crippen LogP contribution in [-0.4, -0.2) is 54.1 Å². The first-order chi connectivity index (χ1) is 8.06. The van der Waals surface area contributed by atoms with Gasteiger partial charge in [0.05, 0.1) is 0 Å². The van der Waals surface area contributed by atoms with E-state index >= 15 is 0 Å². The Morgan fingerprint density at radius 2 is 2.06 bits per heavy atom. The smallest absolute Gasteiger partial charge is 0.0224 e. The minimum absolute atomic E-state index is 0.352. The summed E-state index contributed by atoms with van der Waals surface area (Å²) in [6.07, 6.45) is 3.93. The number of piperazine rings is 1. The van der Waals surface area contributed by atoms with Crippen molar-refractivity contribution >= 4 is 0 Å². The molecule has 2 aliphatic heterocycles. The summed E-state index contributed by atoms with van der Waals surface area (Å²) in [5.41, 5.74) is 6.25. The van der Waals surface area contributed by atoms with Gasteiger partial charge in [0.1, 0.15) is 0 Å². The summed E-state index contributed by atoms with van der Waals surface area (Å²) in [5.74, 6) is 0.716. The molecule has 0 radical (unpaired) electrons. The molecule has 0 aromatic rings. The molecule has 2 heterocycles. The normalized spacial score (nSPS) is 33.0. The monoisotopic (exact) mass is 239 g/mol. The highest BCUT2D eigenvalue weighted by Gasteiger charge is 2.34. The lowest BCUT2D eigenvalue weighted by Crippen LogP contribution is -2.57.